The van der Waals surface area contributed by atoms with Gasteiger partial charge in [-0.15, -0.1) is 0 Å². The number of nitrogens with zero attached hydrogens (tertiary/aromatic N) is 3. The molecule has 0 spiro atoms. The van der Waals surface area contributed by atoms with Crippen LogP contribution in [0.1, 0.15) is 5.89 Å². The number of hydrogen-bond acceptors (Lipinski definition) is 7. The van der Waals surface area contributed by atoms with Gasteiger partial charge in [-0.25, -0.2) is 18.4 Å². The van der Waals surface area contributed by atoms with Gasteiger partial charge in [0.1, 0.15) is 10.4 Å². The number of oxazole rings is 1. The maximum atomic E-state index is 12.6. The summed E-state index contributed by atoms with van der Waals surface area (Å²) in [6.07, 6.45) is 1.40. The summed E-state index contributed by atoms with van der Waals surface area (Å²) in [4.78, 5) is 8.88. The first-order valence-electron chi connectivity index (χ1n) is 8.14. The van der Waals surface area contributed by atoms with Crippen molar-refractivity contribution in [3.05, 3.63) is 48.5 Å². The third-order valence-corrected chi connectivity index (χ3v) is 6.81. The molecular weight excluding hydrogens is 374 g/mol. The minimum atomic E-state index is -3.51. The van der Waals surface area contributed by atoms with E-state index in [-0.39, 0.29) is 4.90 Å². The second-order valence-electron chi connectivity index (χ2n) is 5.71. The van der Waals surface area contributed by atoms with Gasteiger partial charge in [0.05, 0.1) is 24.0 Å². The average Bonchev–Trinajstić information content (AvgIpc) is 3.10. The van der Waals surface area contributed by atoms with Crippen molar-refractivity contribution in [2.45, 2.75) is 15.7 Å². The normalized spacial score (nSPS) is 16.2. The Labute approximate surface area is 155 Å². The first kappa shape index (κ1) is 17.5. The number of thioether (sulfide) groups is 1. The molecule has 0 N–H and O–H groups in total. The highest BCUT2D eigenvalue weighted by molar-refractivity contribution is 7.98. The molecule has 1 saturated heterocycles. The highest BCUT2D eigenvalue weighted by atomic mass is 32.2. The van der Waals surface area contributed by atoms with Crippen molar-refractivity contribution < 1.29 is 17.6 Å². The van der Waals surface area contributed by atoms with Crippen LogP contribution in [0.15, 0.2) is 56.9 Å². The molecule has 9 heteroatoms. The van der Waals surface area contributed by atoms with Crippen LogP contribution in [-0.2, 0) is 20.5 Å². The average molecular weight is 391 g/mol. The van der Waals surface area contributed by atoms with Gasteiger partial charge in [-0.3, -0.25) is 0 Å². The predicted octanol–water partition coefficient (Wildman–Crippen LogP) is 2.54. The zero-order valence-electron chi connectivity index (χ0n) is 13.9. The van der Waals surface area contributed by atoms with Crippen molar-refractivity contribution in [2.24, 2.45) is 0 Å². The summed E-state index contributed by atoms with van der Waals surface area (Å²) in [5.74, 6) is 1.14. The molecule has 1 fully saturated rings. The fraction of sp³-hybridized carbons (Fsp3) is 0.294. The van der Waals surface area contributed by atoms with Crippen LogP contribution in [0.2, 0.25) is 0 Å². The Kier molecular flexibility index (Phi) is 4.94. The molecule has 1 aliphatic rings. The topological polar surface area (TPSA) is 85.5 Å². The maximum absolute atomic E-state index is 12.6. The van der Waals surface area contributed by atoms with Gasteiger partial charge in [-0.05, 0) is 24.3 Å². The molecule has 0 radical (unpaired) electrons. The first-order chi connectivity index (χ1) is 12.6. The van der Waals surface area contributed by atoms with Crippen molar-refractivity contribution in [1.82, 2.24) is 14.3 Å². The Hall–Kier alpha value is -1.94. The number of benzene rings is 1. The molecule has 136 valence electrons. The van der Waals surface area contributed by atoms with E-state index in [0.29, 0.717) is 43.0 Å². The predicted molar refractivity (Wildman–Crippen MR) is 97.4 cm³/mol. The summed E-state index contributed by atoms with van der Waals surface area (Å²) in [6.45, 7) is 1.59. The van der Waals surface area contributed by atoms with E-state index in [2.05, 4.69) is 9.97 Å². The molecule has 7 nitrogen and oxygen atoms in total. The van der Waals surface area contributed by atoms with E-state index < -0.39 is 10.0 Å². The maximum Gasteiger partial charge on any atom is 0.244 e. The van der Waals surface area contributed by atoms with Crippen molar-refractivity contribution >= 4 is 32.9 Å². The lowest BCUT2D eigenvalue weighted by molar-refractivity contribution is 0.0730. The van der Waals surface area contributed by atoms with Crippen LogP contribution in [0.4, 0.5) is 0 Å². The Morgan fingerprint density at radius 2 is 1.92 bits per heavy atom. The van der Waals surface area contributed by atoms with Crippen LogP contribution in [0.25, 0.3) is 11.1 Å². The molecule has 0 bridgehead atoms. The SMILES string of the molecule is O=S(=O)(c1ccc(SCc2nc3ccccc3o2)nc1)N1CCOCC1. The Bertz CT molecular complexity index is 963. The van der Waals surface area contributed by atoms with Gasteiger partial charge in [0, 0.05) is 19.3 Å². The number of morpholine rings is 1. The highest BCUT2D eigenvalue weighted by Gasteiger charge is 2.26. The molecule has 0 amide bonds. The summed E-state index contributed by atoms with van der Waals surface area (Å²) in [6, 6.07) is 10.9. The lowest BCUT2D eigenvalue weighted by Crippen LogP contribution is -2.40. The fourth-order valence-electron chi connectivity index (χ4n) is 2.66. The van der Waals surface area contributed by atoms with E-state index in [1.54, 1.807) is 12.1 Å². The van der Waals surface area contributed by atoms with Crippen LogP contribution >= 0.6 is 11.8 Å². The van der Waals surface area contributed by atoms with Gasteiger partial charge in [0.25, 0.3) is 0 Å². The molecule has 1 aliphatic heterocycles. The number of ether oxygens (including phenoxy) is 1. The largest absolute Gasteiger partial charge is 0.440 e. The van der Waals surface area contributed by atoms with E-state index >= 15 is 0 Å². The van der Waals surface area contributed by atoms with E-state index in [1.807, 2.05) is 24.3 Å². The second-order valence-corrected chi connectivity index (χ2v) is 8.65. The van der Waals surface area contributed by atoms with Crippen molar-refractivity contribution in [2.75, 3.05) is 26.3 Å². The molecular formula is C17H17N3O4S2. The molecule has 0 atom stereocenters. The Morgan fingerprint density at radius 1 is 1.12 bits per heavy atom. The number of sulfonamides is 1. The van der Waals surface area contributed by atoms with Gasteiger partial charge >= 0.3 is 0 Å². The van der Waals surface area contributed by atoms with E-state index in [1.165, 1.54) is 22.3 Å². The standard InChI is InChI=1S/C17H17N3O4S2/c21-26(22,20-7-9-23-10-8-20)13-5-6-17(18-11-13)25-12-16-19-14-3-1-2-4-15(14)24-16/h1-6,11H,7-10,12H2. The molecule has 0 saturated carbocycles. The number of aromatic nitrogens is 2. The fourth-order valence-corrected chi connectivity index (χ4v) is 4.70. The summed E-state index contributed by atoms with van der Waals surface area (Å²) in [5.41, 5.74) is 1.58. The molecule has 0 aliphatic carbocycles. The van der Waals surface area contributed by atoms with Crippen LogP contribution in [0.3, 0.4) is 0 Å². The monoisotopic (exact) mass is 391 g/mol. The number of hydrogen-bond donors (Lipinski definition) is 0. The number of fused-ring (bicyclic) bond motifs is 1. The molecule has 3 aromatic rings. The minimum absolute atomic E-state index is 0.200. The van der Waals surface area contributed by atoms with Crippen LogP contribution < -0.4 is 0 Å². The lowest BCUT2D eigenvalue weighted by atomic mass is 10.3. The zero-order chi connectivity index (χ0) is 18.0. The summed E-state index contributed by atoms with van der Waals surface area (Å²) in [7, 11) is -3.51. The van der Waals surface area contributed by atoms with Crippen molar-refractivity contribution in [3.8, 4) is 0 Å². The summed E-state index contributed by atoms with van der Waals surface area (Å²) < 4.78 is 37.5. The molecule has 26 heavy (non-hydrogen) atoms. The number of rotatable bonds is 5. The Balaban J connectivity index is 1.44. The van der Waals surface area contributed by atoms with E-state index in [9.17, 15) is 8.42 Å². The number of para-hydroxylation sites is 2. The summed E-state index contributed by atoms with van der Waals surface area (Å²) >= 11 is 1.45. The van der Waals surface area contributed by atoms with Crippen LogP contribution in [0, 0.1) is 0 Å². The third-order valence-electron chi connectivity index (χ3n) is 4.00. The van der Waals surface area contributed by atoms with Gasteiger partial charge in [-0.2, -0.15) is 4.31 Å². The van der Waals surface area contributed by atoms with Crippen LogP contribution in [0.5, 0.6) is 0 Å². The molecule has 4 rings (SSSR count). The van der Waals surface area contributed by atoms with Gasteiger partial charge in [-0.1, -0.05) is 23.9 Å². The van der Waals surface area contributed by atoms with Crippen LogP contribution in [-0.4, -0.2) is 49.0 Å². The minimum Gasteiger partial charge on any atom is -0.440 e. The number of pyridine rings is 1. The smallest absolute Gasteiger partial charge is 0.244 e. The molecule has 2 aromatic heterocycles. The van der Waals surface area contributed by atoms with Gasteiger partial charge < -0.3 is 9.15 Å². The molecule has 1 aromatic carbocycles. The lowest BCUT2D eigenvalue weighted by Gasteiger charge is -2.25. The highest BCUT2D eigenvalue weighted by Crippen LogP contribution is 2.25. The first-order valence-corrected chi connectivity index (χ1v) is 10.6. The Morgan fingerprint density at radius 3 is 2.65 bits per heavy atom. The van der Waals surface area contributed by atoms with Gasteiger partial charge in [0.15, 0.2) is 5.58 Å². The van der Waals surface area contributed by atoms with Crippen molar-refractivity contribution in [1.29, 1.82) is 0 Å². The summed E-state index contributed by atoms with van der Waals surface area (Å²) in [5, 5.41) is 0.716. The van der Waals surface area contributed by atoms with Gasteiger partial charge in [0.2, 0.25) is 15.9 Å². The quantitative estimate of drug-likeness (QED) is 0.618. The molecule has 3 heterocycles. The molecule has 0 unspecified atom stereocenters. The van der Waals surface area contributed by atoms with E-state index in [4.69, 9.17) is 9.15 Å². The third kappa shape index (κ3) is 3.61. The second kappa shape index (κ2) is 7.36. The zero-order valence-corrected chi connectivity index (χ0v) is 15.5. The van der Waals surface area contributed by atoms with E-state index in [0.717, 1.165) is 11.1 Å². The van der Waals surface area contributed by atoms with Crippen molar-refractivity contribution in [3.63, 3.8) is 0 Å².